The molecule has 6 heteroatoms. The van der Waals surface area contributed by atoms with Crippen LogP contribution in [-0.2, 0) is 6.42 Å². The molecule has 1 aliphatic heterocycles. The zero-order valence-corrected chi connectivity index (χ0v) is 18.7. The van der Waals surface area contributed by atoms with Gasteiger partial charge in [-0.25, -0.2) is 14.6 Å². The summed E-state index contributed by atoms with van der Waals surface area (Å²) in [5, 5.41) is 5.72. The first kappa shape index (κ1) is 20.9. The lowest BCUT2D eigenvalue weighted by Gasteiger charge is -2.31. The number of halogens is 1. The van der Waals surface area contributed by atoms with Crippen LogP contribution in [0.3, 0.4) is 0 Å². The smallest absolute Gasteiger partial charge is 0.157 e. The summed E-state index contributed by atoms with van der Waals surface area (Å²) in [5.41, 5.74) is 4.65. The standard InChI is InChI=1S/C26H26ClN5/c27-23-8-6-22(7-9-23)25-18-24(30-32(25)26-10-14-28-19-29-26)21-12-16-31(17-13-21)15-11-20-4-2-1-3-5-20/h1-10,14,18-19,21H,11-13,15-17H2. The van der Waals surface area contributed by atoms with Gasteiger partial charge in [0.25, 0.3) is 0 Å². The Morgan fingerprint density at radius 1 is 0.938 bits per heavy atom. The van der Waals surface area contributed by atoms with Crippen molar-refractivity contribution in [1.29, 1.82) is 0 Å². The van der Waals surface area contributed by atoms with Crippen molar-refractivity contribution in [3.8, 4) is 17.1 Å². The molecule has 0 amide bonds. The summed E-state index contributed by atoms with van der Waals surface area (Å²) in [6, 6.07) is 22.8. The third-order valence-corrected chi connectivity index (χ3v) is 6.47. The van der Waals surface area contributed by atoms with Gasteiger partial charge in [-0.2, -0.15) is 5.10 Å². The predicted molar refractivity (Wildman–Crippen MR) is 128 cm³/mol. The highest BCUT2D eigenvalue weighted by Gasteiger charge is 2.24. The van der Waals surface area contributed by atoms with Gasteiger partial charge in [0.15, 0.2) is 5.82 Å². The minimum Gasteiger partial charge on any atom is -0.303 e. The van der Waals surface area contributed by atoms with E-state index >= 15 is 0 Å². The molecule has 1 aliphatic rings. The van der Waals surface area contributed by atoms with Crippen LogP contribution in [0.5, 0.6) is 0 Å². The summed E-state index contributed by atoms with van der Waals surface area (Å²) in [7, 11) is 0. The molecular weight excluding hydrogens is 418 g/mol. The molecule has 1 saturated heterocycles. The van der Waals surface area contributed by atoms with Gasteiger partial charge in [0.1, 0.15) is 6.33 Å². The lowest BCUT2D eigenvalue weighted by atomic mass is 9.93. The fourth-order valence-corrected chi connectivity index (χ4v) is 4.52. The maximum atomic E-state index is 6.11. The average Bonchev–Trinajstić information content (AvgIpc) is 3.30. The second-order valence-corrected chi connectivity index (χ2v) is 8.73. The Bertz CT molecular complexity index is 1130. The van der Waals surface area contributed by atoms with E-state index in [2.05, 4.69) is 51.3 Å². The van der Waals surface area contributed by atoms with Gasteiger partial charge in [-0.3, -0.25) is 0 Å². The summed E-state index contributed by atoms with van der Waals surface area (Å²) >= 11 is 6.11. The normalized spacial score (nSPS) is 15.2. The van der Waals surface area contributed by atoms with E-state index in [-0.39, 0.29) is 0 Å². The van der Waals surface area contributed by atoms with Crippen molar-refractivity contribution >= 4 is 11.6 Å². The lowest BCUT2D eigenvalue weighted by molar-refractivity contribution is 0.213. The third-order valence-electron chi connectivity index (χ3n) is 6.22. The molecule has 0 saturated carbocycles. The van der Waals surface area contributed by atoms with Gasteiger partial charge < -0.3 is 4.90 Å². The van der Waals surface area contributed by atoms with E-state index in [4.69, 9.17) is 16.7 Å². The molecule has 5 rings (SSSR count). The maximum Gasteiger partial charge on any atom is 0.157 e. The van der Waals surface area contributed by atoms with Crippen LogP contribution in [0.15, 0.2) is 79.3 Å². The van der Waals surface area contributed by atoms with Crippen LogP contribution in [0.1, 0.15) is 30.0 Å². The number of rotatable bonds is 6. The number of piperidine rings is 1. The first-order valence-corrected chi connectivity index (χ1v) is 11.5. The Morgan fingerprint density at radius 3 is 2.44 bits per heavy atom. The minimum atomic E-state index is 0.456. The van der Waals surface area contributed by atoms with Crippen molar-refractivity contribution in [2.75, 3.05) is 19.6 Å². The summed E-state index contributed by atoms with van der Waals surface area (Å²) in [6.07, 6.45) is 6.66. The van der Waals surface area contributed by atoms with Crippen molar-refractivity contribution in [2.24, 2.45) is 0 Å². The van der Waals surface area contributed by atoms with Gasteiger partial charge in [0.05, 0.1) is 11.4 Å². The van der Waals surface area contributed by atoms with Crippen LogP contribution in [0.25, 0.3) is 17.1 Å². The van der Waals surface area contributed by atoms with Crippen LogP contribution < -0.4 is 0 Å². The predicted octanol–water partition coefficient (Wildman–Crippen LogP) is 5.40. The van der Waals surface area contributed by atoms with Crippen LogP contribution in [0, 0.1) is 0 Å². The molecule has 0 unspecified atom stereocenters. The van der Waals surface area contributed by atoms with Crippen LogP contribution in [0.4, 0.5) is 0 Å². The lowest BCUT2D eigenvalue weighted by Crippen LogP contribution is -2.34. The largest absolute Gasteiger partial charge is 0.303 e. The molecule has 0 spiro atoms. The highest BCUT2D eigenvalue weighted by molar-refractivity contribution is 6.30. The first-order chi connectivity index (χ1) is 15.8. The second kappa shape index (κ2) is 9.63. The van der Waals surface area contributed by atoms with Gasteiger partial charge in [-0.05, 0) is 56.1 Å². The third kappa shape index (κ3) is 4.74. The summed E-state index contributed by atoms with van der Waals surface area (Å²) in [5.74, 6) is 1.23. The van der Waals surface area contributed by atoms with E-state index in [1.54, 1.807) is 12.5 Å². The molecule has 2 aromatic heterocycles. The van der Waals surface area contributed by atoms with Gasteiger partial charge >= 0.3 is 0 Å². The Morgan fingerprint density at radius 2 is 1.72 bits per heavy atom. The van der Waals surface area contributed by atoms with Crippen molar-refractivity contribution in [3.63, 3.8) is 0 Å². The molecule has 4 aromatic rings. The molecule has 3 heterocycles. The number of hydrogen-bond acceptors (Lipinski definition) is 4. The van der Waals surface area contributed by atoms with E-state index in [1.807, 2.05) is 35.0 Å². The van der Waals surface area contributed by atoms with Crippen molar-refractivity contribution in [1.82, 2.24) is 24.6 Å². The van der Waals surface area contributed by atoms with E-state index < -0.39 is 0 Å². The Hall–Kier alpha value is -3.02. The number of nitrogens with zero attached hydrogens (tertiary/aromatic N) is 5. The molecule has 32 heavy (non-hydrogen) atoms. The Balaban J connectivity index is 1.32. The highest BCUT2D eigenvalue weighted by atomic mass is 35.5. The molecule has 0 bridgehead atoms. The SMILES string of the molecule is Clc1ccc(-c2cc(C3CCN(CCc4ccccc4)CC3)nn2-c2ccncn2)cc1. The molecule has 5 nitrogen and oxygen atoms in total. The number of benzene rings is 2. The molecule has 2 aromatic carbocycles. The maximum absolute atomic E-state index is 6.11. The van der Waals surface area contributed by atoms with Gasteiger partial charge in [0, 0.05) is 35.3 Å². The van der Waals surface area contributed by atoms with E-state index in [0.717, 1.165) is 66.7 Å². The number of aromatic nitrogens is 4. The zero-order valence-electron chi connectivity index (χ0n) is 17.9. The van der Waals surface area contributed by atoms with Crippen LogP contribution >= 0.6 is 11.6 Å². The zero-order chi connectivity index (χ0) is 21.8. The summed E-state index contributed by atoms with van der Waals surface area (Å²) in [6.45, 7) is 3.32. The van der Waals surface area contributed by atoms with E-state index in [1.165, 1.54) is 5.56 Å². The molecular formula is C26H26ClN5. The van der Waals surface area contributed by atoms with Gasteiger partial charge in [-0.1, -0.05) is 54.1 Å². The molecule has 0 N–H and O–H groups in total. The van der Waals surface area contributed by atoms with E-state index in [9.17, 15) is 0 Å². The Labute approximate surface area is 193 Å². The molecule has 0 radical (unpaired) electrons. The quantitative estimate of drug-likeness (QED) is 0.400. The molecule has 1 fully saturated rings. The monoisotopic (exact) mass is 443 g/mol. The van der Waals surface area contributed by atoms with Crippen molar-refractivity contribution < 1.29 is 0 Å². The first-order valence-electron chi connectivity index (χ1n) is 11.1. The Kier molecular flexibility index (Phi) is 6.28. The van der Waals surface area contributed by atoms with E-state index in [0.29, 0.717) is 5.92 Å². The summed E-state index contributed by atoms with van der Waals surface area (Å²) < 4.78 is 1.93. The number of hydrogen-bond donors (Lipinski definition) is 0. The molecule has 0 atom stereocenters. The topological polar surface area (TPSA) is 46.8 Å². The minimum absolute atomic E-state index is 0.456. The van der Waals surface area contributed by atoms with Gasteiger partial charge in [-0.15, -0.1) is 0 Å². The van der Waals surface area contributed by atoms with Gasteiger partial charge in [0.2, 0.25) is 0 Å². The second-order valence-electron chi connectivity index (χ2n) is 8.29. The fourth-order valence-electron chi connectivity index (χ4n) is 4.39. The molecule has 0 aliphatic carbocycles. The molecule has 162 valence electrons. The van der Waals surface area contributed by atoms with Crippen molar-refractivity contribution in [2.45, 2.75) is 25.2 Å². The summed E-state index contributed by atoms with van der Waals surface area (Å²) in [4.78, 5) is 11.1. The fraction of sp³-hybridized carbons (Fsp3) is 0.269. The average molecular weight is 444 g/mol. The van der Waals surface area contributed by atoms with Crippen LogP contribution in [-0.4, -0.2) is 44.3 Å². The highest BCUT2D eigenvalue weighted by Crippen LogP contribution is 2.32. The number of likely N-dealkylation sites (tertiary alicyclic amines) is 1. The van der Waals surface area contributed by atoms with Crippen molar-refractivity contribution in [3.05, 3.63) is 95.5 Å². The van der Waals surface area contributed by atoms with Crippen LogP contribution in [0.2, 0.25) is 5.02 Å².